The highest BCUT2D eigenvalue weighted by molar-refractivity contribution is 5.82. The highest BCUT2D eigenvalue weighted by atomic mass is 16.5. The number of esters is 1. The van der Waals surface area contributed by atoms with Gasteiger partial charge in [-0.2, -0.15) is 0 Å². The first-order valence-electron chi connectivity index (χ1n) is 7.30. The van der Waals surface area contributed by atoms with Crippen molar-refractivity contribution >= 4 is 11.9 Å². The molecule has 1 amide bonds. The highest BCUT2D eigenvalue weighted by Gasteiger charge is 2.46. The molecule has 1 aliphatic heterocycles. The third-order valence-electron chi connectivity index (χ3n) is 4.52. The summed E-state index contributed by atoms with van der Waals surface area (Å²) < 4.78 is 5.04. The largest absolute Gasteiger partial charge is 0.466 e. The van der Waals surface area contributed by atoms with Crippen LogP contribution in [0.5, 0.6) is 0 Å². The summed E-state index contributed by atoms with van der Waals surface area (Å²) in [5, 5.41) is 3.13. The average Bonchev–Trinajstić information content (AvgIpc) is 2.65. The Bertz CT molecular complexity index is 359. The van der Waals surface area contributed by atoms with Crippen LogP contribution in [0.3, 0.4) is 0 Å². The quantitative estimate of drug-likeness (QED) is 0.751. The minimum Gasteiger partial charge on any atom is -0.466 e. The van der Waals surface area contributed by atoms with Crippen LogP contribution in [0.1, 0.15) is 51.9 Å². The number of hydrogen-bond donors (Lipinski definition) is 2. The number of carbonyl (C=O) groups is 2. The number of hydrogen-bond acceptors (Lipinski definition) is 4. The Morgan fingerprint density at radius 1 is 1.42 bits per heavy atom. The summed E-state index contributed by atoms with van der Waals surface area (Å²) in [6.07, 6.45) is 6.00. The number of nitrogens with two attached hydrogens (primary N) is 1. The van der Waals surface area contributed by atoms with Gasteiger partial charge in [0.2, 0.25) is 5.91 Å². The minimum atomic E-state index is -0.400. The number of rotatable bonds is 3. The molecule has 0 aromatic rings. The molecule has 3 atom stereocenters. The van der Waals surface area contributed by atoms with Crippen LogP contribution in [0.2, 0.25) is 0 Å². The van der Waals surface area contributed by atoms with Gasteiger partial charge >= 0.3 is 5.97 Å². The van der Waals surface area contributed by atoms with Crippen LogP contribution < -0.4 is 11.1 Å². The van der Waals surface area contributed by atoms with Gasteiger partial charge in [0.1, 0.15) is 0 Å². The summed E-state index contributed by atoms with van der Waals surface area (Å²) in [6, 6.07) is -0.400. The summed E-state index contributed by atoms with van der Waals surface area (Å²) in [5.41, 5.74) is 5.60. The van der Waals surface area contributed by atoms with Crippen LogP contribution in [0.15, 0.2) is 0 Å². The average molecular weight is 268 g/mol. The molecule has 2 rings (SSSR count). The van der Waals surface area contributed by atoms with E-state index in [2.05, 4.69) is 5.32 Å². The SMILES string of the molecule is CCOC(=O)CC1CCCC12CCCC(N)C(=O)N2. The number of nitrogens with one attached hydrogen (secondary N) is 1. The van der Waals surface area contributed by atoms with E-state index < -0.39 is 6.04 Å². The summed E-state index contributed by atoms with van der Waals surface area (Å²) >= 11 is 0. The third-order valence-corrected chi connectivity index (χ3v) is 4.52. The van der Waals surface area contributed by atoms with Crippen LogP contribution in [-0.4, -0.2) is 30.1 Å². The van der Waals surface area contributed by atoms with Crippen molar-refractivity contribution in [3.05, 3.63) is 0 Å². The molecule has 1 heterocycles. The highest BCUT2D eigenvalue weighted by Crippen LogP contribution is 2.42. The standard InChI is InChI=1S/C14H24N2O3/c1-2-19-12(17)9-10-5-3-7-14(10)8-4-6-11(15)13(18)16-14/h10-11H,2-9,15H2,1H3,(H,16,18). The van der Waals surface area contributed by atoms with E-state index in [0.29, 0.717) is 13.0 Å². The van der Waals surface area contributed by atoms with Crippen molar-refractivity contribution in [1.82, 2.24) is 5.32 Å². The molecule has 1 spiro atoms. The van der Waals surface area contributed by atoms with E-state index in [1.54, 1.807) is 0 Å². The Morgan fingerprint density at radius 3 is 2.79 bits per heavy atom. The topological polar surface area (TPSA) is 81.4 Å². The van der Waals surface area contributed by atoms with E-state index in [9.17, 15) is 9.59 Å². The fourth-order valence-electron chi connectivity index (χ4n) is 3.53. The van der Waals surface area contributed by atoms with Crippen molar-refractivity contribution in [3.8, 4) is 0 Å². The normalized spacial score (nSPS) is 34.9. The summed E-state index contributed by atoms with van der Waals surface area (Å²) in [5.74, 6) is -0.0226. The molecule has 19 heavy (non-hydrogen) atoms. The van der Waals surface area contributed by atoms with Crippen molar-refractivity contribution in [3.63, 3.8) is 0 Å². The third kappa shape index (κ3) is 3.08. The Hall–Kier alpha value is -1.10. The molecule has 0 bridgehead atoms. The maximum atomic E-state index is 12.0. The first-order valence-corrected chi connectivity index (χ1v) is 7.30. The van der Waals surface area contributed by atoms with Gasteiger partial charge in [0, 0.05) is 5.54 Å². The molecule has 2 fully saturated rings. The first kappa shape index (κ1) is 14.3. The van der Waals surface area contributed by atoms with E-state index in [1.165, 1.54) is 0 Å². The van der Waals surface area contributed by atoms with Gasteiger partial charge in [0.05, 0.1) is 19.1 Å². The van der Waals surface area contributed by atoms with Crippen molar-refractivity contribution < 1.29 is 14.3 Å². The summed E-state index contributed by atoms with van der Waals surface area (Å²) in [7, 11) is 0. The van der Waals surface area contributed by atoms with Crippen LogP contribution in [0.25, 0.3) is 0 Å². The maximum absolute atomic E-state index is 12.0. The fraction of sp³-hybridized carbons (Fsp3) is 0.857. The Labute approximate surface area is 114 Å². The second-order valence-electron chi connectivity index (χ2n) is 5.74. The molecular weight excluding hydrogens is 244 g/mol. The lowest BCUT2D eigenvalue weighted by Crippen LogP contribution is -2.53. The fourth-order valence-corrected chi connectivity index (χ4v) is 3.53. The van der Waals surface area contributed by atoms with E-state index in [4.69, 9.17) is 10.5 Å². The molecule has 5 heteroatoms. The molecule has 0 radical (unpaired) electrons. The van der Waals surface area contributed by atoms with Crippen LogP contribution >= 0.6 is 0 Å². The molecule has 2 aliphatic rings. The molecule has 1 saturated heterocycles. The Balaban J connectivity index is 2.07. The molecule has 0 aromatic heterocycles. The number of ether oxygens (including phenoxy) is 1. The second kappa shape index (κ2) is 5.90. The van der Waals surface area contributed by atoms with Gasteiger partial charge in [-0.1, -0.05) is 6.42 Å². The van der Waals surface area contributed by atoms with E-state index >= 15 is 0 Å². The zero-order chi connectivity index (χ0) is 13.9. The molecular formula is C14H24N2O3. The van der Waals surface area contributed by atoms with Gasteiger partial charge in [0.25, 0.3) is 0 Å². The van der Waals surface area contributed by atoms with Gasteiger partial charge in [-0.15, -0.1) is 0 Å². The lowest BCUT2D eigenvalue weighted by atomic mass is 9.81. The van der Waals surface area contributed by atoms with Crippen LogP contribution in [0.4, 0.5) is 0 Å². The zero-order valence-electron chi connectivity index (χ0n) is 11.6. The second-order valence-corrected chi connectivity index (χ2v) is 5.74. The van der Waals surface area contributed by atoms with Gasteiger partial charge in [0.15, 0.2) is 0 Å². The molecule has 1 saturated carbocycles. The van der Waals surface area contributed by atoms with Crippen LogP contribution in [0, 0.1) is 5.92 Å². The lowest BCUT2D eigenvalue weighted by molar-refractivity contribution is -0.145. The number of carbonyl (C=O) groups excluding carboxylic acids is 2. The monoisotopic (exact) mass is 268 g/mol. The van der Waals surface area contributed by atoms with Gasteiger partial charge in [-0.25, -0.2) is 0 Å². The summed E-state index contributed by atoms with van der Waals surface area (Å²) in [4.78, 5) is 23.7. The predicted molar refractivity (Wildman–Crippen MR) is 71.3 cm³/mol. The molecule has 3 unspecified atom stereocenters. The number of amides is 1. The summed E-state index contributed by atoms with van der Waals surface area (Å²) in [6.45, 7) is 2.23. The van der Waals surface area contributed by atoms with E-state index in [1.807, 2.05) is 6.92 Å². The van der Waals surface area contributed by atoms with Gasteiger partial charge < -0.3 is 15.8 Å². The van der Waals surface area contributed by atoms with Crippen molar-refractivity contribution in [2.24, 2.45) is 11.7 Å². The van der Waals surface area contributed by atoms with Gasteiger partial charge in [-0.3, -0.25) is 9.59 Å². The van der Waals surface area contributed by atoms with Gasteiger partial charge in [-0.05, 0) is 44.9 Å². The van der Waals surface area contributed by atoms with Crippen molar-refractivity contribution in [1.29, 1.82) is 0 Å². The van der Waals surface area contributed by atoms with Crippen molar-refractivity contribution in [2.75, 3.05) is 6.61 Å². The van der Waals surface area contributed by atoms with Crippen LogP contribution in [-0.2, 0) is 14.3 Å². The zero-order valence-corrected chi connectivity index (χ0v) is 11.6. The predicted octanol–water partition coefficient (Wildman–Crippen LogP) is 1.11. The minimum absolute atomic E-state index is 0.0618. The maximum Gasteiger partial charge on any atom is 0.306 e. The first-order chi connectivity index (χ1) is 9.07. The Morgan fingerprint density at radius 2 is 2.11 bits per heavy atom. The molecule has 1 aliphatic carbocycles. The molecule has 5 nitrogen and oxygen atoms in total. The molecule has 0 aromatic carbocycles. The molecule has 108 valence electrons. The van der Waals surface area contributed by atoms with Crippen molar-refractivity contribution in [2.45, 2.75) is 63.5 Å². The lowest BCUT2D eigenvalue weighted by Gasteiger charge is -2.35. The van der Waals surface area contributed by atoms with E-state index in [0.717, 1.165) is 38.5 Å². The Kier molecular flexibility index (Phi) is 4.45. The van der Waals surface area contributed by atoms with E-state index in [-0.39, 0.29) is 23.3 Å². The smallest absolute Gasteiger partial charge is 0.306 e. The molecule has 3 N–H and O–H groups in total.